The average Bonchev–Trinajstić information content (AvgIpc) is 2.33. The van der Waals surface area contributed by atoms with E-state index in [0.717, 1.165) is 12.5 Å². The molecule has 1 aromatic carbocycles. The Labute approximate surface area is 105 Å². The fourth-order valence-corrected chi connectivity index (χ4v) is 2.72. The molecule has 2 nitrogen and oxygen atoms in total. The predicted octanol–water partition coefficient (Wildman–Crippen LogP) is 2.51. The fourth-order valence-electron chi connectivity index (χ4n) is 2.72. The molecule has 0 aromatic heterocycles. The maximum absolute atomic E-state index is 3.57. The monoisotopic (exact) mass is 232 g/mol. The van der Waals surface area contributed by atoms with E-state index in [4.69, 9.17) is 0 Å². The highest BCUT2D eigenvalue weighted by atomic mass is 15.1. The van der Waals surface area contributed by atoms with Crippen LogP contribution in [0.1, 0.15) is 25.3 Å². The quantitative estimate of drug-likeness (QED) is 0.858. The molecule has 1 heterocycles. The highest BCUT2D eigenvalue weighted by Crippen LogP contribution is 2.17. The third-order valence-corrected chi connectivity index (χ3v) is 3.77. The molecule has 2 heteroatoms. The number of hydrogen-bond acceptors (Lipinski definition) is 2. The van der Waals surface area contributed by atoms with E-state index in [1.807, 2.05) is 0 Å². The molecule has 1 aromatic rings. The molecular formula is C15H24N2. The van der Waals surface area contributed by atoms with Gasteiger partial charge in [0.1, 0.15) is 0 Å². The summed E-state index contributed by atoms with van der Waals surface area (Å²) in [6, 6.07) is 11.4. The third-order valence-electron chi connectivity index (χ3n) is 3.77. The van der Waals surface area contributed by atoms with Crippen LogP contribution in [0.4, 0.5) is 0 Å². The second-order valence-corrected chi connectivity index (χ2v) is 5.33. The summed E-state index contributed by atoms with van der Waals surface area (Å²) in [6.07, 6.45) is 2.70. The van der Waals surface area contributed by atoms with Crippen LogP contribution in [-0.2, 0) is 6.54 Å². The van der Waals surface area contributed by atoms with E-state index in [-0.39, 0.29) is 0 Å². The van der Waals surface area contributed by atoms with Gasteiger partial charge >= 0.3 is 0 Å². The molecule has 1 aliphatic heterocycles. The van der Waals surface area contributed by atoms with Crippen molar-refractivity contribution in [1.82, 2.24) is 10.2 Å². The van der Waals surface area contributed by atoms with Crippen molar-refractivity contribution >= 4 is 0 Å². The molecule has 0 amide bonds. The van der Waals surface area contributed by atoms with Gasteiger partial charge in [-0.15, -0.1) is 0 Å². The summed E-state index contributed by atoms with van der Waals surface area (Å²) >= 11 is 0. The summed E-state index contributed by atoms with van der Waals surface area (Å²) in [7, 11) is 2.23. The van der Waals surface area contributed by atoms with Crippen molar-refractivity contribution in [2.45, 2.75) is 32.4 Å². The van der Waals surface area contributed by atoms with E-state index in [2.05, 4.69) is 54.5 Å². The lowest BCUT2D eigenvalue weighted by Crippen LogP contribution is -2.43. The lowest BCUT2D eigenvalue weighted by Gasteiger charge is -2.33. The molecule has 0 bridgehead atoms. The molecule has 2 unspecified atom stereocenters. The highest BCUT2D eigenvalue weighted by molar-refractivity contribution is 5.14. The first-order chi connectivity index (χ1) is 8.25. The van der Waals surface area contributed by atoms with Gasteiger partial charge in [0.15, 0.2) is 0 Å². The highest BCUT2D eigenvalue weighted by Gasteiger charge is 2.21. The molecule has 94 valence electrons. The van der Waals surface area contributed by atoms with Crippen molar-refractivity contribution in [2.24, 2.45) is 5.92 Å². The molecule has 1 N–H and O–H groups in total. The van der Waals surface area contributed by atoms with Crippen LogP contribution < -0.4 is 5.32 Å². The van der Waals surface area contributed by atoms with Crippen molar-refractivity contribution < 1.29 is 0 Å². The van der Waals surface area contributed by atoms with E-state index in [1.165, 1.54) is 31.5 Å². The van der Waals surface area contributed by atoms with Crippen molar-refractivity contribution in [3.8, 4) is 0 Å². The second kappa shape index (κ2) is 6.18. The van der Waals surface area contributed by atoms with Crippen LogP contribution in [-0.4, -0.2) is 31.1 Å². The van der Waals surface area contributed by atoms with Gasteiger partial charge in [-0.05, 0) is 44.8 Å². The SMILES string of the molecule is CC1NCCCC1CN(C)Cc1ccccc1. The van der Waals surface area contributed by atoms with Crippen LogP contribution in [0.5, 0.6) is 0 Å². The zero-order valence-corrected chi connectivity index (χ0v) is 11.0. The van der Waals surface area contributed by atoms with Gasteiger partial charge in [0.2, 0.25) is 0 Å². The van der Waals surface area contributed by atoms with Crippen LogP contribution in [0.25, 0.3) is 0 Å². The molecule has 0 spiro atoms. The second-order valence-electron chi connectivity index (χ2n) is 5.33. The normalized spacial score (nSPS) is 25.1. The van der Waals surface area contributed by atoms with Crippen LogP contribution in [0, 0.1) is 5.92 Å². The molecule has 0 radical (unpaired) electrons. The van der Waals surface area contributed by atoms with E-state index in [0.29, 0.717) is 6.04 Å². The van der Waals surface area contributed by atoms with Crippen LogP contribution in [0.15, 0.2) is 30.3 Å². The number of hydrogen-bond donors (Lipinski definition) is 1. The van der Waals surface area contributed by atoms with Gasteiger partial charge in [0.05, 0.1) is 0 Å². The van der Waals surface area contributed by atoms with E-state index < -0.39 is 0 Å². The number of rotatable bonds is 4. The Hall–Kier alpha value is -0.860. The Balaban J connectivity index is 1.82. The van der Waals surface area contributed by atoms with E-state index in [9.17, 15) is 0 Å². The minimum absolute atomic E-state index is 0.668. The number of nitrogens with zero attached hydrogens (tertiary/aromatic N) is 1. The number of piperidine rings is 1. The van der Waals surface area contributed by atoms with Gasteiger partial charge in [-0.3, -0.25) is 0 Å². The third kappa shape index (κ3) is 3.83. The molecule has 0 saturated carbocycles. The molecule has 2 atom stereocenters. The van der Waals surface area contributed by atoms with E-state index >= 15 is 0 Å². The Bertz CT molecular complexity index is 323. The largest absolute Gasteiger partial charge is 0.314 e. The zero-order chi connectivity index (χ0) is 12.1. The van der Waals surface area contributed by atoms with E-state index in [1.54, 1.807) is 0 Å². The van der Waals surface area contributed by atoms with Gasteiger partial charge in [0, 0.05) is 19.1 Å². The first kappa shape index (κ1) is 12.6. The Morgan fingerprint density at radius 1 is 1.29 bits per heavy atom. The van der Waals surface area contributed by atoms with Gasteiger partial charge in [0.25, 0.3) is 0 Å². The van der Waals surface area contributed by atoms with Crippen LogP contribution in [0.2, 0.25) is 0 Å². The maximum atomic E-state index is 3.57. The van der Waals surface area contributed by atoms with Crippen molar-refractivity contribution in [2.75, 3.05) is 20.1 Å². The molecule has 1 aliphatic rings. The molecular weight excluding hydrogens is 208 g/mol. The summed E-state index contributed by atoms with van der Waals surface area (Å²) in [5.74, 6) is 0.803. The Kier molecular flexibility index (Phi) is 4.57. The molecule has 2 rings (SSSR count). The summed E-state index contributed by atoms with van der Waals surface area (Å²) in [6.45, 7) is 5.77. The summed E-state index contributed by atoms with van der Waals surface area (Å²) in [5.41, 5.74) is 1.41. The van der Waals surface area contributed by atoms with Crippen molar-refractivity contribution in [3.05, 3.63) is 35.9 Å². The summed E-state index contributed by atoms with van der Waals surface area (Å²) in [5, 5.41) is 3.57. The van der Waals surface area contributed by atoms with Gasteiger partial charge < -0.3 is 10.2 Å². The topological polar surface area (TPSA) is 15.3 Å². The van der Waals surface area contributed by atoms with Crippen molar-refractivity contribution in [1.29, 1.82) is 0 Å². The summed E-state index contributed by atoms with van der Waals surface area (Å²) < 4.78 is 0. The average molecular weight is 232 g/mol. The Morgan fingerprint density at radius 3 is 2.76 bits per heavy atom. The summed E-state index contributed by atoms with van der Waals surface area (Å²) in [4.78, 5) is 2.45. The molecule has 1 saturated heterocycles. The lowest BCUT2D eigenvalue weighted by molar-refractivity contribution is 0.201. The van der Waals surface area contributed by atoms with Gasteiger partial charge in [-0.25, -0.2) is 0 Å². The lowest BCUT2D eigenvalue weighted by atomic mass is 9.91. The molecule has 1 fully saturated rings. The first-order valence-corrected chi connectivity index (χ1v) is 6.71. The van der Waals surface area contributed by atoms with Gasteiger partial charge in [-0.2, -0.15) is 0 Å². The van der Waals surface area contributed by atoms with Crippen LogP contribution in [0.3, 0.4) is 0 Å². The zero-order valence-electron chi connectivity index (χ0n) is 11.0. The van der Waals surface area contributed by atoms with Crippen LogP contribution >= 0.6 is 0 Å². The minimum Gasteiger partial charge on any atom is -0.314 e. The number of benzene rings is 1. The smallest absolute Gasteiger partial charge is 0.0230 e. The Morgan fingerprint density at radius 2 is 2.06 bits per heavy atom. The standard InChI is InChI=1S/C15H24N2/c1-13-15(9-6-10-16-13)12-17(2)11-14-7-4-3-5-8-14/h3-5,7-8,13,15-16H,6,9-12H2,1-2H3. The number of nitrogens with one attached hydrogen (secondary N) is 1. The first-order valence-electron chi connectivity index (χ1n) is 6.71. The molecule has 17 heavy (non-hydrogen) atoms. The maximum Gasteiger partial charge on any atom is 0.0230 e. The van der Waals surface area contributed by atoms with Crippen molar-refractivity contribution in [3.63, 3.8) is 0 Å². The minimum atomic E-state index is 0.668. The fraction of sp³-hybridized carbons (Fsp3) is 0.600. The van der Waals surface area contributed by atoms with Gasteiger partial charge in [-0.1, -0.05) is 30.3 Å². The predicted molar refractivity (Wildman–Crippen MR) is 73.0 cm³/mol. The molecule has 0 aliphatic carbocycles.